The van der Waals surface area contributed by atoms with Crippen LogP contribution in [-0.2, 0) is 4.74 Å². The van der Waals surface area contributed by atoms with Crippen molar-refractivity contribution in [2.45, 2.75) is 13.5 Å². The molecule has 0 bridgehead atoms. The third kappa shape index (κ3) is 7.68. The third-order valence-electron chi connectivity index (χ3n) is 2.89. The molecular weight excluding hydrogens is 300 g/mol. The monoisotopic (exact) mass is 326 g/mol. The van der Waals surface area contributed by atoms with Crippen molar-refractivity contribution in [1.29, 1.82) is 0 Å². The summed E-state index contributed by atoms with van der Waals surface area (Å²) in [5.74, 6) is -0.271. The lowest BCUT2D eigenvalue weighted by molar-refractivity contribution is 0.0747. The van der Waals surface area contributed by atoms with Crippen LogP contribution in [0.1, 0.15) is 29.5 Å². The molecule has 0 saturated heterocycles. The summed E-state index contributed by atoms with van der Waals surface area (Å²) >= 11 is 0. The van der Waals surface area contributed by atoms with Gasteiger partial charge in [0.2, 0.25) is 0 Å². The van der Waals surface area contributed by atoms with Crippen LogP contribution in [0.5, 0.6) is 0 Å². The molecule has 0 aromatic heterocycles. The second kappa shape index (κ2) is 13.0. The van der Waals surface area contributed by atoms with Crippen molar-refractivity contribution < 1.29 is 14.6 Å². The highest BCUT2D eigenvalue weighted by Gasteiger charge is 2.18. The number of carbonyl (C=O) groups is 1. The predicted molar refractivity (Wildman–Crippen MR) is 100 cm³/mol. The number of Topliss-reactive ketones (excluding diaryl/α,β-unsaturated/α-hetero) is 1. The zero-order valence-electron chi connectivity index (χ0n) is 13.1. The molecule has 0 saturated carbocycles. The number of ketones is 1. The maximum Gasteiger partial charge on any atom is 0.195 e. The number of aliphatic hydroxyl groups is 1. The minimum atomic E-state index is -1.08. The van der Waals surface area contributed by atoms with Gasteiger partial charge in [-0.25, -0.2) is 0 Å². The molecule has 128 valence electrons. The maximum atomic E-state index is 11.9. The Morgan fingerprint density at radius 1 is 0.958 bits per heavy atom. The van der Waals surface area contributed by atoms with Gasteiger partial charge in [-0.05, 0) is 5.56 Å². The van der Waals surface area contributed by atoms with E-state index in [0.29, 0.717) is 24.3 Å². The van der Waals surface area contributed by atoms with Gasteiger partial charge in [-0.3, -0.25) is 4.79 Å². The molecule has 0 aliphatic carbocycles. The predicted octanol–water partition coefficient (Wildman–Crippen LogP) is 4.61. The molecule has 0 aliphatic rings. The fourth-order valence-electron chi connectivity index (χ4n) is 1.78. The number of rotatable bonds is 7. The molecule has 0 amide bonds. The second-order valence-corrected chi connectivity index (χ2v) is 4.66. The zero-order chi connectivity index (χ0) is 16.9. The summed E-state index contributed by atoms with van der Waals surface area (Å²) in [6.45, 7) is 8.18. The van der Waals surface area contributed by atoms with E-state index in [2.05, 4.69) is 13.2 Å². The van der Waals surface area contributed by atoms with Gasteiger partial charge in [0.05, 0.1) is 13.2 Å². The molecule has 1 unspecified atom stereocenters. The quantitative estimate of drug-likeness (QED) is 0.459. The SMILES string of the molecule is C.C=CCOCC=C.O=C(c1ccccc1)C(O)c1ccccc1. The lowest BCUT2D eigenvalue weighted by atomic mass is 10.0. The van der Waals surface area contributed by atoms with Gasteiger partial charge in [0.15, 0.2) is 5.78 Å². The second-order valence-electron chi connectivity index (χ2n) is 4.66. The highest BCUT2D eigenvalue weighted by molar-refractivity contribution is 5.99. The molecule has 0 fully saturated rings. The summed E-state index contributed by atoms with van der Waals surface area (Å²) in [5, 5.41) is 9.89. The summed E-state index contributed by atoms with van der Waals surface area (Å²) in [6, 6.07) is 17.7. The Morgan fingerprint density at radius 2 is 1.42 bits per heavy atom. The van der Waals surface area contributed by atoms with E-state index >= 15 is 0 Å². The average Bonchev–Trinajstić information content (AvgIpc) is 2.63. The molecule has 0 radical (unpaired) electrons. The van der Waals surface area contributed by atoms with Crippen LogP contribution in [0.25, 0.3) is 0 Å². The first-order chi connectivity index (χ1) is 11.2. The molecule has 0 spiro atoms. The molecule has 0 heterocycles. The first-order valence-electron chi connectivity index (χ1n) is 7.32. The van der Waals surface area contributed by atoms with Gasteiger partial charge in [0.1, 0.15) is 6.10 Å². The van der Waals surface area contributed by atoms with Gasteiger partial charge in [-0.2, -0.15) is 0 Å². The first-order valence-corrected chi connectivity index (χ1v) is 7.32. The summed E-state index contributed by atoms with van der Waals surface area (Å²) < 4.78 is 4.90. The average molecular weight is 326 g/mol. The molecule has 3 heteroatoms. The van der Waals surface area contributed by atoms with Crippen LogP contribution in [0, 0.1) is 0 Å². The van der Waals surface area contributed by atoms with Crippen molar-refractivity contribution >= 4 is 5.78 Å². The van der Waals surface area contributed by atoms with Crippen LogP contribution in [0.15, 0.2) is 86.0 Å². The standard InChI is InChI=1S/C14H12O2.C6H10O.CH4/c15-13(11-7-3-1-4-8-11)14(16)12-9-5-2-6-10-12;1-3-5-7-6-4-2;/h1-10,13,15H;3-4H,1-2,5-6H2;1H4. The number of aliphatic hydroxyl groups excluding tert-OH is 1. The molecule has 0 aliphatic heterocycles. The Bertz CT molecular complexity index is 583. The minimum Gasteiger partial charge on any atom is -0.380 e. The van der Waals surface area contributed by atoms with Crippen LogP contribution in [-0.4, -0.2) is 24.1 Å². The van der Waals surface area contributed by atoms with Crippen LogP contribution in [0.4, 0.5) is 0 Å². The van der Waals surface area contributed by atoms with E-state index in [9.17, 15) is 9.90 Å². The fraction of sp³-hybridized carbons (Fsp3) is 0.190. The first kappa shape index (κ1) is 21.5. The number of hydrogen-bond donors (Lipinski definition) is 1. The number of carbonyl (C=O) groups excluding carboxylic acids is 1. The minimum absolute atomic E-state index is 0. The smallest absolute Gasteiger partial charge is 0.195 e. The van der Waals surface area contributed by atoms with Gasteiger partial charge in [-0.1, -0.05) is 80.2 Å². The van der Waals surface area contributed by atoms with E-state index in [0.717, 1.165) is 0 Å². The van der Waals surface area contributed by atoms with Crippen molar-refractivity contribution in [3.8, 4) is 0 Å². The lowest BCUT2D eigenvalue weighted by Crippen LogP contribution is -2.11. The Hall–Kier alpha value is -2.49. The molecule has 24 heavy (non-hydrogen) atoms. The molecule has 2 rings (SSSR count). The number of benzene rings is 2. The third-order valence-corrected chi connectivity index (χ3v) is 2.89. The molecule has 1 atom stereocenters. The summed E-state index contributed by atoms with van der Waals surface area (Å²) in [6.07, 6.45) is 2.34. The van der Waals surface area contributed by atoms with Gasteiger partial charge >= 0.3 is 0 Å². The molecular formula is C21H26O3. The lowest BCUT2D eigenvalue weighted by Gasteiger charge is -2.09. The van der Waals surface area contributed by atoms with E-state index in [-0.39, 0.29) is 13.2 Å². The van der Waals surface area contributed by atoms with Crippen LogP contribution in [0.2, 0.25) is 0 Å². The number of ether oxygens (including phenoxy) is 1. The Balaban J connectivity index is 0.000000570. The zero-order valence-corrected chi connectivity index (χ0v) is 13.1. The van der Waals surface area contributed by atoms with Crippen molar-refractivity contribution in [3.63, 3.8) is 0 Å². The van der Waals surface area contributed by atoms with E-state index in [1.54, 1.807) is 60.7 Å². The van der Waals surface area contributed by atoms with Gasteiger partial charge in [-0.15, -0.1) is 13.2 Å². The summed E-state index contributed by atoms with van der Waals surface area (Å²) in [4.78, 5) is 11.9. The van der Waals surface area contributed by atoms with Crippen LogP contribution >= 0.6 is 0 Å². The van der Waals surface area contributed by atoms with Crippen LogP contribution < -0.4 is 0 Å². The normalized spacial score (nSPS) is 10.4. The highest BCUT2D eigenvalue weighted by Crippen LogP contribution is 2.17. The largest absolute Gasteiger partial charge is 0.380 e. The van der Waals surface area contributed by atoms with Crippen LogP contribution in [0.3, 0.4) is 0 Å². The van der Waals surface area contributed by atoms with E-state index in [4.69, 9.17) is 4.74 Å². The van der Waals surface area contributed by atoms with E-state index in [1.165, 1.54) is 0 Å². The molecule has 1 N–H and O–H groups in total. The highest BCUT2D eigenvalue weighted by atomic mass is 16.5. The van der Waals surface area contributed by atoms with Gasteiger partial charge < -0.3 is 9.84 Å². The molecule has 2 aromatic carbocycles. The van der Waals surface area contributed by atoms with E-state index in [1.807, 2.05) is 12.1 Å². The maximum absolute atomic E-state index is 11.9. The fourth-order valence-corrected chi connectivity index (χ4v) is 1.78. The van der Waals surface area contributed by atoms with Crippen molar-refractivity contribution in [1.82, 2.24) is 0 Å². The Labute approximate surface area is 144 Å². The molecule has 2 aromatic rings. The molecule has 3 nitrogen and oxygen atoms in total. The topological polar surface area (TPSA) is 46.5 Å². The van der Waals surface area contributed by atoms with Gasteiger partial charge in [0, 0.05) is 5.56 Å². The summed E-state index contributed by atoms with van der Waals surface area (Å²) in [7, 11) is 0. The van der Waals surface area contributed by atoms with Gasteiger partial charge in [0.25, 0.3) is 0 Å². The summed E-state index contributed by atoms with van der Waals surface area (Å²) in [5.41, 5.74) is 1.15. The van der Waals surface area contributed by atoms with Crippen molar-refractivity contribution in [2.75, 3.05) is 13.2 Å². The van der Waals surface area contributed by atoms with Crippen molar-refractivity contribution in [3.05, 3.63) is 97.1 Å². The Morgan fingerprint density at radius 3 is 1.88 bits per heavy atom. The van der Waals surface area contributed by atoms with E-state index < -0.39 is 6.10 Å². The Kier molecular flexibility index (Phi) is 11.6. The number of hydrogen-bond acceptors (Lipinski definition) is 3. The van der Waals surface area contributed by atoms with Crippen molar-refractivity contribution in [2.24, 2.45) is 0 Å².